The van der Waals surface area contributed by atoms with Gasteiger partial charge in [-0.15, -0.1) is 0 Å². The number of allylic oxidation sites excluding steroid dienone is 12. The highest BCUT2D eigenvalue weighted by Gasteiger charge is 1.90. The monoisotopic (exact) mass is 388 g/mol. The van der Waals surface area contributed by atoms with Crippen molar-refractivity contribution in [3.05, 3.63) is 72.9 Å². The molecule has 0 saturated heterocycles. The predicted octanol–water partition coefficient (Wildman–Crippen LogP) is 5.45. The second kappa shape index (κ2) is 27.1. The van der Waals surface area contributed by atoms with Gasteiger partial charge in [-0.1, -0.05) is 79.8 Å². The SMILES string of the molecule is CC/C=C\C/C=C\C/C=C\C/C=C\C/C=C\C/C=C\CCC(=O)O.NCCN. The zero-order valence-corrected chi connectivity index (χ0v) is 17.5. The molecule has 0 amide bonds. The quantitative estimate of drug-likeness (QED) is 0.325. The summed E-state index contributed by atoms with van der Waals surface area (Å²) >= 11 is 0. The molecule has 0 aromatic rings. The lowest BCUT2D eigenvalue weighted by Gasteiger charge is -1.87. The van der Waals surface area contributed by atoms with Crippen LogP contribution < -0.4 is 11.5 Å². The van der Waals surface area contributed by atoms with Crippen molar-refractivity contribution >= 4 is 5.97 Å². The van der Waals surface area contributed by atoms with E-state index < -0.39 is 5.97 Å². The lowest BCUT2D eigenvalue weighted by atomic mass is 10.2. The van der Waals surface area contributed by atoms with E-state index in [9.17, 15) is 4.79 Å². The molecule has 158 valence electrons. The summed E-state index contributed by atoms with van der Waals surface area (Å²) in [6.45, 7) is 3.34. The van der Waals surface area contributed by atoms with Gasteiger partial charge in [0.05, 0.1) is 0 Å². The maximum Gasteiger partial charge on any atom is 0.303 e. The summed E-state index contributed by atoms with van der Waals surface area (Å²) in [6, 6.07) is 0. The molecule has 4 nitrogen and oxygen atoms in total. The van der Waals surface area contributed by atoms with Gasteiger partial charge in [0.15, 0.2) is 0 Å². The molecular weight excluding hydrogens is 348 g/mol. The first-order valence-electron chi connectivity index (χ1n) is 10.2. The first-order valence-corrected chi connectivity index (χ1v) is 10.2. The third-order valence-electron chi connectivity index (χ3n) is 3.29. The van der Waals surface area contributed by atoms with Gasteiger partial charge in [0, 0.05) is 19.5 Å². The van der Waals surface area contributed by atoms with Crippen LogP contribution in [0.15, 0.2) is 72.9 Å². The van der Waals surface area contributed by atoms with Gasteiger partial charge in [0.2, 0.25) is 0 Å². The summed E-state index contributed by atoms with van der Waals surface area (Å²) in [5.74, 6) is -0.741. The number of hydrogen-bond donors (Lipinski definition) is 3. The minimum absolute atomic E-state index is 0.210. The van der Waals surface area contributed by atoms with Crippen LogP contribution in [0.25, 0.3) is 0 Å². The summed E-state index contributed by atoms with van der Waals surface area (Å²) in [5, 5.41) is 8.49. The fraction of sp³-hybridized carbons (Fsp3) is 0.458. The van der Waals surface area contributed by atoms with Gasteiger partial charge in [-0.2, -0.15) is 0 Å². The first kappa shape index (κ1) is 28.0. The molecule has 0 aliphatic rings. The molecule has 0 aromatic carbocycles. The van der Waals surface area contributed by atoms with E-state index in [1.165, 1.54) is 0 Å². The van der Waals surface area contributed by atoms with Gasteiger partial charge < -0.3 is 16.6 Å². The molecule has 0 aromatic heterocycles. The Morgan fingerprint density at radius 1 is 0.643 bits per heavy atom. The molecule has 0 bridgehead atoms. The molecule has 0 unspecified atom stereocenters. The summed E-state index contributed by atoms with van der Waals surface area (Å²) < 4.78 is 0. The Hall–Kier alpha value is -2.17. The van der Waals surface area contributed by atoms with Gasteiger partial charge >= 0.3 is 5.97 Å². The Kier molecular flexibility index (Phi) is 27.1. The van der Waals surface area contributed by atoms with E-state index in [0.29, 0.717) is 19.5 Å². The van der Waals surface area contributed by atoms with Crippen LogP contribution in [0.3, 0.4) is 0 Å². The van der Waals surface area contributed by atoms with Crippen molar-refractivity contribution in [2.24, 2.45) is 11.5 Å². The first-order chi connectivity index (χ1) is 13.7. The largest absolute Gasteiger partial charge is 0.481 e. The van der Waals surface area contributed by atoms with Gasteiger partial charge in [0.25, 0.3) is 0 Å². The van der Waals surface area contributed by atoms with Crippen molar-refractivity contribution in [2.75, 3.05) is 13.1 Å². The van der Waals surface area contributed by atoms with Crippen LogP contribution in [0, 0.1) is 0 Å². The Balaban J connectivity index is 0. The minimum Gasteiger partial charge on any atom is -0.481 e. The molecule has 0 rings (SSSR count). The number of carbonyl (C=O) groups is 1. The smallest absolute Gasteiger partial charge is 0.303 e. The van der Waals surface area contributed by atoms with E-state index in [4.69, 9.17) is 16.6 Å². The summed E-state index contributed by atoms with van der Waals surface area (Å²) in [6.07, 6.45) is 32.5. The van der Waals surface area contributed by atoms with Crippen molar-refractivity contribution in [1.29, 1.82) is 0 Å². The molecule has 28 heavy (non-hydrogen) atoms. The number of nitrogens with two attached hydrogens (primary N) is 2. The van der Waals surface area contributed by atoms with Crippen molar-refractivity contribution in [3.8, 4) is 0 Å². The molecule has 0 saturated carbocycles. The molecule has 4 heteroatoms. The van der Waals surface area contributed by atoms with Crippen LogP contribution in [0.2, 0.25) is 0 Å². The number of rotatable bonds is 15. The number of carboxylic acids is 1. The summed E-state index contributed by atoms with van der Waals surface area (Å²) in [7, 11) is 0. The number of hydrogen-bond acceptors (Lipinski definition) is 3. The molecule has 0 aliphatic heterocycles. The second-order valence-corrected chi connectivity index (χ2v) is 5.92. The second-order valence-electron chi connectivity index (χ2n) is 5.92. The van der Waals surface area contributed by atoms with Gasteiger partial charge in [-0.3, -0.25) is 4.79 Å². The van der Waals surface area contributed by atoms with E-state index in [-0.39, 0.29) is 6.42 Å². The predicted molar refractivity (Wildman–Crippen MR) is 123 cm³/mol. The van der Waals surface area contributed by atoms with Crippen LogP contribution in [0.5, 0.6) is 0 Å². The zero-order valence-electron chi connectivity index (χ0n) is 17.5. The molecule has 0 heterocycles. The highest BCUT2D eigenvalue weighted by molar-refractivity contribution is 5.66. The Bertz CT molecular complexity index is 499. The Morgan fingerprint density at radius 3 is 1.25 bits per heavy atom. The molecule has 0 aliphatic carbocycles. The average Bonchev–Trinajstić information content (AvgIpc) is 2.69. The maximum atomic E-state index is 10.3. The van der Waals surface area contributed by atoms with Gasteiger partial charge in [0.1, 0.15) is 0 Å². The van der Waals surface area contributed by atoms with E-state index in [0.717, 1.165) is 38.5 Å². The van der Waals surface area contributed by atoms with Crippen molar-refractivity contribution < 1.29 is 9.90 Å². The van der Waals surface area contributed by atoms with E-state index >= 15 is 0 Å². The van der Waals surface area contributed by atoms with E-state index in [1.54, 1.807) is 0 Å². The van der Waals surface area contributed by atoms with Crippen molar-refractivity contribution in [2.45, 2.75) is 58.3 Å². The fourth-order valence-corrected chi connectivity index (χ4v) is 1.85. The lowest BCUT2D eigenvalue weighted by Crippen LogP contribution is -2.11. The Labute approximate surface area is 172 Å². The fourth-order valence-electron chi connectivity index (χ4n) is 1.85. The van der Waals surface area contributed by atoms with E-state index in [1.807, 2.05) is 12.2 Å². The van der Waals surface area contributed by atoms with Crippen LogP contribution in [-0.4, -0.2) is 24.2 Å². The third kappa shape index (κ3) is 31.6. The Morgan fingerprint density at radius 2 is 0.964 bits per heavy atom. The van der Waals surface area contributed by atoms with Crippen LogP contribution in [-0.2, 0) is 4.79 Å². The highest BCUT2D eigenvalue weighted by atomic mass is 16.4. The average molecular weight is 389 g/mol. The van der Waals surface area contributed by atoms with Crippen LogP contribution in [0.4, 0.5) is 0 Å². The molecule has 0 radical (unpaired) electrons. The molecule has 5 N–H and O–H groups in total. The standard InChI is InChI=1S/C22H32O2.C2H8N2/c1-2-3-4-5-6-7-8-9-10-11-12-13-14-15-16-17-18-19-20-21-22(23)24;3-1-2-4/h3-4,6-7,9-10,12-13,15-16,18-19H,2,5,8,11,14,17,20-21H2,1H3,(H,23,24);1-4H2/b4-3-,7-6-,10-9-,13-12-,16-15-,19-18-;. The maximum absolute atomic E-state index is 10.3. The number of aliphatic carboxylic acids is 1. The number of carboxylic acid groups (broad SMARTS) is 1. The van der Waals surface area contributed by atoms with Gasteiger partial charge in [-0.05, 0) is 44.9 Å². The molecular formula is C24H40N2O2. The van der Waals surface area contributed by atoms with Gasteiger partial charge in [-0.25, -0.2) is 0 Å². The van der Waals surface area contributed by atoms with E-state index in [2.05, 4.69) is 67.7 Å². The van der Waals surface area contributed by atoms with Crippen molar-refractivity contribution in [3.63, 3.8) is 0 Å². The lowest BCUT2D eigenvalue weighted by molar-refractivity contribution is -0.136. The zero-order chi connectivity index (χ0) is 21.1. The van der Waals surface area contributed by atoms with Crippen LogP contribution in [0.1, 0.15) is 58.3 Å². The van der Waals surface area contributed by atoms with Crippen LogP contribution >= 0.6 is 0 Å². The minimum atomic E-state index is -0.741. The normalized spacial score (nSPS) is 12.2. The molecule has 0 fully saturated rings. The summed E-state index contributed by atoms with van der Waals surface area (Å²) in [4.78, 5) is 10.3. The topological polar surface area (TPSA) is 89.3 Å². The molecule has 0 spiro atoms. The third-order valence-corrected chi connectivity index (χ3v) is 3.29. The molecule has 0 atom stereocenters. The van der Waals surface area contributed by atoms with Crippen molar-refractivity contribution in [1.82, 2.24) is 0 Å². The summed E-state index contributed by atoms with van der Waals surface area (Å²) in [5.41, 5.74) is 9.81. The highest BCUT2D eigenvalue weighted by Crippen LogP contribution is 1.97.